The standard InChI is InChI=1S/C10H14NO/c1-2-6-11(7-3-1)9-10-5-4-8-12-10/h4-5,8-9H,1-3,6-7H2. The molecular weight excluding hydrogens is 150 g/mol. The molecule has 2 heterocycles. The fraction of sp³-hybridized carbons (Fsp3) is 0.500. The van der Waals surface area contributed by atoms with Crippen LogP contribution < -0.4 is 0 Å². The van der Waals surface area contributed by atoms with E-state index in [2.05, 4.69) is 11.4 Å². The summed E-state index contributed by atoms with van der Waals surface area (Å²) in [6.45, 7) is 4.47. The monoisotopic (exact) mass is 164 g/mol. The van der Waals surface area contributed by atoms with Gasteiger partial charge in [-0.1, -0.05) is 6.42 Å². The molecule has 1 radical (unpaired) electrons. The van der Waals surface area contributed by atoms with Gasteiger partial charge >= 0.3 is 0 Å². The highest BCUT2D eigenvalue weighted by Gasteiger charge is 2.11. The molecule has 0 bridgehead atoms. The maximum atomic E-state index is 5.24. The minimum atomic E-state index is 0.969. The maximum Gasteiger partial charge on any atom is 0.122 e. The van der Waals surface area contributed by atoms with Gasteiger partial charge in [-0.25, -0.2) is 0 Å². The summed E-state index contributed by atoms with van der Waals surface area (Å²) in [6.07, 6.45) is 5.73. The van der Waals surface area contributed by atoms with Crippen LogP contribution in [0.1, 0.15) is 25.0 Å². The van der Waals surface area contributed by atoms with Crippen LogP contribution in [-0.2, 0) is 0 Å². The second-order valence-electron chi connectivity index (χ2n) is 3.24. The van der Waals surface area contributed by atoms with Gasteiger partial charge in [0.15, 0.2) is 0 Å². The molecule has 1 aliphatic heterocycles. The fourth-order valence-electron chi connectivity index (χ4n) is 1.59. The van der Waals surface area contributed by atoms with Gasteiger partial charge in [-0.15, -0.1) is 0 Å². The van der Waals surface area contributed by atoms with Crippen LogP contribution in [0.2, 0.25) is 0 Å². The summed E-state index contributed by atoms with van der Waals surface area (Å²) in [5.74, 6) is 0.969. The van der Waals surface area contributed by atoms with Gasteiger partial charge in [0, 0.05) is 0 Å². The first-order chi connectivity index (χ1) is 5.95. The van der Waals surface area contributed by atoms with Gasteiger partial charge in [-0.2, -0.15) is 0 Å². The van der Waals surface area contributed by atoms with Gasteiger partial charge in [0.1, 0.15) is 5.76 Å². The highest BCUT2D eigenvalue weighted by Crippen LogP contribution is 2.14. The lowest BCUT2D eigenvalue weighted by atomic mass is 10.1. The second kappa shape index (κ2) is 3.76. The van der Waals surface area contributed by atoms with Crippen LogP contribution in [0.3, 0.4) is 0 Å². The number of hydrogen-bond acceptors (Lipinski definition) is 2. The topological polar surface area (TPSA) is 16.4 Å². The van der Waals surface area contributed by atoms with E-state index in [9.17, 15) is 0 Å². The van der Waals surface area contributed by atoms with Crippen molar-refractivity contribution in [2.45, 2.75) is 19.3 Å². The Labute approximate surface area is 73.2 Å². The zero-order chi connectivity index (χ0) is 8.23. The van der Waals surface area contributed by atoms with Crippen LogP contribution >= 0.6 is 0 Å². The van der Waals surface area contributed by atoms with Crippen molar-refractivity contribution in [3.8, 4) is 0 Å². The Morgan fingerprint density at radius 1 is 1.25 bits per heavy atom. The third kappa shape index (κ3) is 1.89. The predicted octanol–water partition coefficient (Wildman–Crippen LogP) is 2.28. The Balaban J connectivity index is 1.86. The summed E-state index contributed by atoms with van der Waals surface area (Å²) >= 11 is 0. The molecule has 1 aromatic heterocycles. The van der Waals surface area contributed by atoms with Gasteiger partial charge in [-0.3, -0.25) is 4.90 Å². The van der Waals surface area contributed by atoms with Crippen LogP contribution in [0.4, 0.5) is 0 Å². The first-order valence-electron chi connectivity index (χ1n) is 4.57. The van der Waals surface area contributed by atoms with Crippen LogP contribution in [0.15, 0.2) is 22.8 Å². The predicted molar refractivity (Wildman–Crippen MR) is 47.5 cm³/mol. The second-order valence-corrected chi connectivity index (χ2v) is 3.24. The zero-order valence-corrected chi connectivity index (χ0v) is 7.20. The number of nitrogens with zero attached hydrogens (tertiary/aromatic N) is 1. The first-order valence-corrected chi connectivity index (χ1v) is 4.57. The van der Waals surface area contributed by atoms with Crippen LogP contribution in [0, 0.1) is 6.54 Å². The normalized spacial score (nSPS) is 19.7. The number of rotatable bonds is 2. The molecule has 2 nitrogen and oxygen atoms in total. The molecule has 65 valence electrons. The van der Waals surface area contributed by atoms with Gasteiger partial charge in [0.05, 0.1) is 12.8 Å². The SMILES string of the molecule is [CH](c1ccco1)N1CCCCC1. The molecule has 2 rings (SSSR count). The number of piperidine rings is 1. The molecule has 0 saturated carbocycles. The summed E-state index contributed by atoms with van der Waals surface area (Å²) in [7, 11) is 0. The molecular formula is C10H14NO. The van der Waals surface area contributed by atoms with E-state index in [-0.39, 0.29) is 0 Å². The van der Waals surface area contributed by atoms with Crippen molar-refractivity contribution in [1.82, 2.24) is 4.90 Å². The van der Waals surface area contributed by atoms with Crippen molar-refractivity contribution >= 4 is 0 Å². The average Bonchev–Trinajstić information content (AvgIpc) is 2.59. The van der Waals surface area contributed by atoms with E-state index in [1.54, 1.807) is 6.26 Å². The third-order valence-electron chi connectivity index (χ3n) is 2.24. The molecule has 0 unspecified atom stereocenters. The minimum Gasteiger partial charge on any atom is -0.468 e. The van der Waals surface area contributed by atoms with Crippen molar-refractivity contribution < 1.29 is 4.42 Å². The van der Waals surface area contributed by atoms with E-state index in [4.69, 9.17) is 4.42 Å². The Bertz CT molecular complexity index is 212. The maximum absolute atomic E-state index is 5.24. The van der Waals surface area contributed by atoms with Crippen molar-refractivity contribution in [1.29, 1.82) is 0 Å². The van der Waals surface area contributed by atoms with Crippen molar-refractivity contribution in [3.05, 3.63) is 30.7 Å². The largest absolute Gasteiger partial charge is 0.468 e. The lowest BCUT2D eigenvalue weighted by molar-refractivity contribution is 0.274. The third-order valence-corrected chi connectivity index (χ3v) is 2.24. The highest BCUT2D eigenvalue weighted by atomic mass is 16.3. The van der Waals surface area contributed by atoms with Crippen molar-refractivity contribution in [2.24, 2.45) is 0 Å². The highest BCUT2D eigenvalue weighted by molar-refractivity contribution is 5.08. The molecule has 0 aliphatic carbocycles. The minimum absolute atomic E-state index is 0.969. The lowest BCUT2D eigenvalue weighted by Gasteiger charge is -2.24. The summed E-state index contributed by atoms with van der Waals surface area (Å²) in [4.78, 5) is 2.34. The van der Waals surface area contributed by atoms with E-state index >= 15 is 0 Å². The molecule has 0 aromatic carbocycles. The van der Waals surface area contributed by atoms with Gasteiger partial charge < -0.3 is 4.42 Å². The van der Waals surface area contributed by atoms with E-state index in [0.717, 1.165) is 5.76 Å². The summed E-state index contributed by atoms with van der Waals surface area (Å²) < 4.78 is 5.24. The molecule has 2 heteroatoms. The smallest absolute Gasteiger partial charge is 0.122 e. The van der Waals surface area contributed by atoms with Gasteiger partial charge in [0.2, 0.25) is 0 Å². The molecule has 0 N–H and O–H groups in total. The molecule has 1 saturated heterocycles. The Hall–Kier alpha value is -0.760. The quantitative estimate of drug-likeness (QED) is 0.666. The van der Waals surface area contributed by atoms with E-state index in [1.807, 2.05) is 12.1 Å². The number of likely N-dealkylation sites (tertiary alicyclic amines) is 1. The van der Waals surface area contributed by atoms with E-state index in [0.29, 0.717) is 0 Å². The molecule has 12 heavy (non-hydrogen) atoms. The first kappa shape index (κ1) is 7.87. The Morgan fingerprint density at radius 2 is 2.08 bits per heavy atom. The zero-order valence-electron chi connectivity index (χ0n) is 7.20. The van der Waals surface area contributed by atoms with Gasteiger partial charge in [-0.05, 0) is 38.1 Å². The summed E-state index contributed by atoms with van der Waals surface area (Å²) in [5, 5.41) is 0. The summed E-state index contributed by atoms with van der Waals surface area (Å²) in [6, 6.07) is 3.92. The molecule has 1 aromatic rings. The lowest BCUT2D eigenvalue weighted by Crippen LogP contribution is -2.27. The Kier molecular flexibility index (Phi) is 2.47. The molecule has 0 amide bonds. The summed E-state index contributed by atoms with van der Waals surface area (Å²) in [5.41, 5.74) is 0. The average molecular weight is 164 g/mol. The number of furan rings is 1. The van der Waals surface area contributed by atoms with Crippen LogP contribution in [0.5, 0.6) is 0 Å². The van der Waals surface area contributed by atoms with Gasteiger partial charge in [0.25, 0.3) is 0 Å². The number of hydrogen-bond donors (Lipinski definition) is 0. The fourth-order valence-corrected chi connectivity index (χ4v) is 1.59. The molecule has 1 aliphatic rings. The molecule has 1 fully saturated rings. The van der Waals surface area contributed by atoms with E-state index < -0.39 is 0 Å². The van der Waals surface area contributed by atoms with E-state index in [1.165, 1.54) is 32.4 Å². The van der Waals surface area contributed by atoms with Crippen molar-refractivity contribution in [2.75, 3.05) is 13.1 Å². The molecule has 0 spiro atoms. The van der Waals surface area contributed by atoms with Crippen molar-refractivity contribution in [3.63, 3.8) is 0 Å². The molecule has 0 atom stereocenters. The van der Waals surface area contributed by atoms with Crippen LogP contribution in [-0.4, -0.2) is 18.0 Å². The Morgan fingerprint density at radius 3 is 2.75 bits per heavy atom. The van der Waals surface area contributed by atoms with Crippen LogP contribution in [0.25, 0.3) is 0 Å².